The molecule has 0 aromatic rings. The molecule has 0 aliphatic heterocycles. The maximum Gasteiger partial charge on any atom is 0.306 e. The normalized spacial score (nSPS) is 13.2. The lowest BCUT2D eigenvalue weighted by Gasteiger charge is -2.18. The van der Waals surface area contributed by atoms with Gasteiger partial charge in [-0.25, -0.2) is 0 Å². The van der Waals surface area contributed by atoms with Crippen molar-refractivity contribution in [3.8, 4) is 0 Å². The Kier molecular flexibility index (Phi) is 55.0. The SMILES string of the molecule is CC/C=C\C/C=C\C/C=C\C/C=C\C/C=C\C/C=C\CCCCCCC(=O)OCC(COC(=O)CCCCCCC/C=C\CCC)OC(=O)CCCCCCC/C=C\C/C=C\C/C=C\C/C=C\C/C=C\CC. The van der Waals surface area contributed by atoms with Gasteiger partial charge in [-0.2, -0.15) is 0 Å². The van der Waals surface area contributed by atoms with Crippen molar-refractivity contribution in [1.29, 1.82) is 0 Å². The summed E-state index contributed by atoms with van der Waals surface area (Å²) in [7, 11) is 0. The first kappa shape index (κ1) is 67.3. The fraction of sp³-hybridized carbons (Fsp3) is 0.591. The third-order valence-corrected chi connectivity index (χ3v) is 11.5. The van der Waals surface area contributed by atoms with Gasteiger partial charge in [-0.3, -0.25) is 14.4 Å². The van der Waals surface area contributed by atoms with E-state index >= 15 is 0 Å². The number of unbranched alkanes of at least 4 members (excludes halogenated alkanes) is 15. The highest BCUT2D eigenvalue weighted by molar-refractivity contribution is 5.71. The summed E-state index contributed by atoms with van der Waals surface area (Å²) in [5.41, 5.74) is 0. The van der Waals surface area contributed by atoms with Crippen molar-refractivity contribution in [2.45, 2.75) is 239 Å². The summed E-state index contributed by atoms with van der Waals surface area (Å²) in [4.78, 5) is 38.1. The Labute approximate surface area is 442 Å². The minimum absolute atomic E-state index is 0.105. The van der Waals surface area contributed by atoms with Crippen LogP contribution in [0.15, 0.2) is 146 Å². The summed E-state index contributed by atoms with van der Waals surface area (Å²) in [6.07, 6.45) is 84.1. The van der Waals surface area contributed by atoms with E-state index < -0.39 is 6.10 Å². The number of allylic oxidation sites excluding steroid dienone is 24. The summed E-state index contributed by atoms with van der Waals surface area (Å²) < 4.78 is 16.8. The molecule has 1 atom stereocenters. The van der Waals surface area contributed by atoms with Gasteiger partial charge >= 0.3 is 17.9 Å². The molecule has 0 heterocycles. The van der Waals surface area contributed by atoms with Gasteiger partial charge in [0.05, 0.1) is 0 Å². The van der Waals surface area contributed by atoms with Crippen LogP contribution in [0.3, 0.4) is 0 Å². The molecule has 0 fully saturated rings. The lowest BCUT2D eigenvalue weighted by atomic mass is 10.1. The van der Waals surface area contributed by atoms with Crippen molar-refractivity contribution in [2.24, 2.45) is 0 Å². The molecule has 0 saturated heterocycles. The van der Waals surface area contributed by atoms with Crippen molar-refractivity contribution in [2.75, 3.05) is 13.2 Å². The molecule has 1 unspecified atom stereocenters. The fourth-order valence-corrected chi connectivity index (χ4v) is 7.30. The molecular formula is C66H104O6. The molecule has 0 aromatic carbocycles. The molecule has 0 N–H and O–H groups in total. The molecule has 72 heavy (non-hydrogen) atoms. The van der Waals surface area contributed by atoms with Crippen molar-refractivity contribution in [3.63, 3.8) is 0 Å². The first-order valence-corrected chi connectivity index (χ1v) is 28.8. The quantitative estimate of drug-likeness (QED) is 0.0261. The van der Waals surface area contributed by atoms with Gasteiger partial charge in [0.2, 0.25) is 0 Å². The lowest BCUT2D eigenvalue weighted by molar-refractivity contribution is -0.167. The Balaban J connectivity index is 4.44. The summed E-state index contributed by atoms with van der Waals surface area (Å²) >= 11 is 0. The Bertz CT molecular complexity index is 1610. The van der Waals surface area contributed by atoms with E-state index in [0.29, 0.717) is 19.3 Å². The Hall–Kier alpha value is -4.71. The minimum atomic E-state index is -0.809. The van der Waals surface area contributed by atoms with Crippen molar-refractivity contribution in [3.05, 3.63) is 146 Å². The van der Waals surface area contributed by atoms with Crippen LogP contribution in [0, 0.1) is 0 Å². The van der Waals surface area contributed by atoms with Gasteiger partial charge in [-0.15, -0.1) is 0 Å². The third-order valence-electron chi connectivity index (χ3n) is 11.5. The first-order chi connectivity index (χ1) is 35.5. The summed E-state index contributed by atoms with van der Waals surface area (Å²) in [6, 6.07) is 0. The fourth-order valence-electron chi connectivity index (χ4n) is 7.30. The van der Waals surface area contributed by atoms with Gasteiger partial charge in [0.1, 0.15) is 13.2 Å². The average Bonchev–Trinajstić information content (AvgIpc) is 3.38. The van der Waals surface area contributed by atoms with E-state index in [0.717, 1.165) is 180 Å². The van der Waals surface area contributed by atoms with E-state index in [1.807, 2.05) is 0 Å². The Morgan fingerprint density at radius 2 is 0.542 bits per heavy atom. The average molecular weight is 994 g/mol. The van der Waals surface area contributed by atoms with Crippen LogP contribution in [0.5, 0.6) is 0 Å². The zero-order chi connectivity index (χ0) is 52.2. The molecule has 0 aliphatic rings. The van der Waals surface area contributed by atoms with Gasteiger partial charge < -0.3 is 14.2 Å². The molecule has 6 heteroatoms. The molecule has 0 aromatic heterocycles. The van der Waals surface area contributed by atoms with Gasteiger partial charge in [-0.1, -0.05) is 224 Å². The zero-order valence-electron chi connectivity index (χ0n) is 46.1. The topological polar surface area (TPSA) is 78.9 Å². The van der Waals surface area contributed by atoms with Crippen LogP contribution < -0.4 is 0 Å². The van der Waals surface area contributed by atoms with Crippen LogP contribution in [0.25, 0.3) is 0 Å². The molecule has 0 amide bonds. The summed E-state index contributed by atoms with van der Waals surface area (Å²) in [6.45, 7) is 6.29. The second kappa shape index (κ2) is 58.9. The molecule has 0 radical (unpaired) electrons. The van der Waals surface area contributed by atoms with E-state index in [1.54, 1.807) is 0 Å². The molecule has 0 aliphatic carbocycles. The molecule has 6 nitrogen and oxygen atoms in total. The van der Waals surface area contributed by atoms with E-state index in [4.69, 9.17) is 14.2 Å². The molecule has 0 spiro atoms. The Morgan fingerprint density at radius 3 is 0.861 bits per heavy atom. The standard InChI is InChI=1S/C66H104O6/c1-4-7-10-13-16-19-22-24-26-28-30-32-33-35-36-38-40-42-44-47-50-53-56-59-65(68)71-62-63(61-70-64(67)58-55-52-49-46-21-18-15-12-9-6-3)72-66(69)60-57-54-51-48-45-43-41-39-37-34-31-29-27-25-23-20-17-14-11-8-5-2/h7-8,10-12,15-17,19-20,24-27,30-32,34-36,39-42,63H,4-6,9,13-14,18,21-23,28-29,33,37-38,43-62H2,1-3H3/b10-7-,11-8-,15-12-,19-16-,20-17-,26-24-,27-25-,32-30-,34-31-,36-35-,41-39-,42-40-. The minimum Gasteiger partial charge on any atom is -0.462 e. The van der Waals surface area contributed by atoms with Crippen LogP contribution in [0.1, 0.15) is 233 Å². The molecule has 0 rings (SSSR count). The van der Waals surface area contributed by atoms with Crippen LogP contribution in [-0.4, -0.2) is 37.2 Å². The second-order valence-corrected chi connectivity index (χ2v) is 18.4. The highest BCUT2D eigenvalue weighted by Gasteiger charge is 2.19. The zero-order valence-corrected chi connectivity index (χ0v) is 46.1. The molecule has 404 valence electrons. The molecule has 0 saturated carbocycles. The third kappa shape index (κ3) is 56.2. The molecule has 0 bridgehead atoms. The number of hydrogen-bond acceptors (Lipinski definition) is 6. The maximum atomic E-state index is 12.9. The van der Waals surface area contributed by atoms with E-state index in [-0.39, 0.29) is 31.1 Å². The first-order valence-electron chi connectivity index (χ1n) is 28.8. The number of rotatable bonds is 50. The highest BCUT2D eigenvalue weighted by Crippen LogP contribution is 2.13. The summed E-state index contributed by atoms with van der Waals surface area (Å²) in [5, 5.41) is 0. The number of carbonyl (C=O) groups is 3. The van der Waals surface area contributed by atoms with E-state index in [1.165, 1.54) is 12.8 Å². The predicted molar refractivity (Wildman–Crippen MR) is 311 cm³/mol. The monoisotopic (exact) mass is 993 g/mol. The van der Waals surface area contributed by atoms with E-state index in [2.05, 4.69) is 167 Å². The largest absolute Gasteiger partial charge is 0.462 e. The second-order valence-electron chi connectivity index (χ2n) is 18.4. The Morgan fingerprint density at radius 1 is 0.292 bits per heavy atom. The summed E-state index contributed by atoms with van der Waals surface area (Å²) in [5.74, 6) is -0.967. The number of hydrogen-bond donors (Lipinski definition) is 0. The van der Waals surface area contributed by atoms with Crippen LogP contribution in [0.4, 0.5) is 0 Å². The number of ether oxygens (including phenoxy) is 3. The van der Waals surface area contributed by atoms with E-state index in [9.17, 15) is 14.4 Å². The highest BCUT2D eigenvalue weighted by atomic mass is 16.6. The van der Waals surface area contributed by atoms with Gasteiger partial charge in [0.15, 0.2) is 6.10 Å². The van der Waals surface area contributed by atoms with Crippen molar-refractivity contribution in [1.82, 2.24) is 0 Å². The lowest BCUT2D eigenvalue weighted by Crippen LogP contribution is -2.30. The van der Waals surface area contributed by atoms with Crippen LogP contribution in [-0.2, 0) is 28.6 Å². The maximum absolute atomic E-state index is 12.9. The van der Waals surface area contributed by atoms with Crippen molar-refractivity contribution < 1.29 is 28.6 Å². The van der Waals surface area contributed by atoms with Crippen LogP contribution >= 0.6 is 0 Å². The van der Waals surface area contributed by atoms with Gasteiger partial charge in [0.25, 0.3) is 0 Å². The number of carbonyl (C=O) groups excluding carboxylic acids is 3. The predicted octanol–water partition coefficient (Wildman–Crippen LogP) is 19.6. The molecular weight excluding hydrogens is 889 g/mol. The number of esters is 3. The van der Waals surface area contributed by atoms with Gasteiger partial charge in [0, 0.05) is 19.3 Å². The van der Waals surface area contributed by atoms with Gasteiger partial charge in [-0.05, 0) is 135 Å². The van der Waals surface area contributed by atoms with Crippen molar-refractivity contribution >= 4 is 17.9 Å². The van der Waals surface area contributed by atoms with Crippen LogP contribution in [0.2, 0.25) is 0 Å². The smallest absolute Gasteiger partial charge is 0.306 e.